The average Bonchev–Trinajstić information content (AvgIpc) is 2.99. The standard InChI is InChI=1S/C26H25N3O2/c1-16-9-17(2)11-23(10-16)29-18(3)12-22(19(29)4)15-27-28-26(31)24-13-20-7-5-6-8-21(20)14-25(24)30/h5-15,30H,1-4H3,(H,28,31)/b27-15-. The highest BCUT2D eigenvalue weighted by molar-refractivity contribution is 6.01. The Labute approximate surface area is 181 Å². The lowest BCUT2D eigenvalue weighted by Gasteiger charge is -2.11. The zero-order chi connectivity index (χ0) is 22.1. The first-order valence-electron chi connectivity index (χ1n) is 10.2. The zero-order valence-corrected chi connectivity index (χ0v) is 18.1. The second-order valence-corrected chi connectivity index (χ2v) is 7.92. The number of hydrogen-bond donors (Lipinski definition) is 2. The van der Waals surface area contributed by atoms with Crippen LogP contribution in [-0.2, 0) is 0 Å². The Hall–Kier alpha value is -3.86. The van der Waals surface area contributed by atoms with Crippen LogP contribution in [0.4, 0.5) is 0 Å². The van der Waals surface area contributed by atoms with Crippen molar-refractivity contribution in [1.82, 2.24) is 9.99 Å². The van der Waals surface area contributed by atoms with Crippen LogP contribution in [0.3, 0.4) is 0 Å². The molecule has 156 valence electrons. The van der Waals surface area contributed by atoms with E-state index in [2.05, 4.69) is 47.1 Å². The fraction of sp³-hybridized carbons (Fsp3) is 0.154. The quantitative estimate of drug-likeness (QED) is 0.352. The van der Waals surface area contributed by atoms with Crippen molar-refractivity contribution in [1.29, 1.82) is 0 Å². The third-order valence-corrected chi connectivity index (χ3v) is 5.41. The number of nitrogens with zero attached hydrogens (tertiary/aromatic N) is 2. The number of hydrogen-bond acceptors (Lipinski definition) is 3. The summed E-state index contributed by atoms with van der Waals surface area (Å²) in [6, 6.07) is 19.3. The van der Waals surface area contributed by atoms with Crippen LogP contribution in [0.25, 0.3) is 16.5 Å². The Morgan fingerprint density at radius 3 is 2.26 bits per heavy atom. The molecule has 5 heteroatoms. The van der Waals surface area contributed by atoms with Gasteiger partial charge in [0.25, 0.3) is 5.91 Å². The van der Waals surface area contributed by atoms with E-state index in [-0.39, 0.29) is 11.3 Å². The van der Waals surface area contributed by atoms with Gasteiger partial charge in [-0.15, -0.1) is 0 Å². The molecule has 0 bridgehead atoms. The summed E-state index contributed by atoms with van der Waals surface area (Å²) in [5, 5.41) is 16.1. The third-order valence-electron chi connectivity index (χ3n) is 5.41. The number of nitrogens with one attached hydrogen (secondary N) is 1. The number of aromatic hydroxyl groups is 1. The summed E-state index contributed by atoms with van der Waals surface area (Å²) in [4.78, 5) is 12.6. The highest BCUT2D eigenvalue weighted by atomic mass is 16.3. The lowest BCUT2D eigenvalue weighted by Crippen LogP contribution is -2.17. The van der Waals surface area contributed by atoms with E-state index in [1.807, 2.05) is 44.2 Å². The number of rotatable bonds is 4. The summed E-state index contributed by atoms with van der Waals surface area (Å²) >= 11 is 0. The molecule has 5 nitrogen and oxygen atoms in total. The van der Waals surface area contributed by atoms with Gasteiger partial charge >= 0.3 is 0 Å². The van der Waals surface area contributed by atoms with Gasteiger partial charge in [0, 0.05) is 22.6 Å². The molecule has 0 radical (unpaired) electrons. The third kappa shape index (κ3) is 4.08. The number of hydrazone groups is 1. The van der Waals surface area contributed by atoms with Crippen molar-refractivity contribution in [2.75, 3.05) is 0 Å². The molecule has 0 saturated carbocycles. The van der Waals surface area contributed by atoms with Crippen molar-refractivity contribution in [2.45, 2.75) is 27.7 Å². The van der Waals surface area contributed by atoms with E-state index in [1.165, 1.54) is 11.1 Å². The predicted molar refractivity (Wildman–Crippen MR) is 125 cm³/mol. The molecule has 31 heavy (non-hydrogen) atoms. The summed E-state index contributed by atoms with van der Waals surface area (Å²) in [6.45, 7) is 8.26. The monoisotopic (exact) mass is 411 g/mol. The van der Waals surface area contributed by atoms with Crippen molar-refractivity contribution in [2.24, 2.45) is 5.10 Å². The first kappa shape index (κ1) is 20.4. The number of phenols is 1. The number of carbonyl (C=O) groups excluding carboxylic acids is 1. The molecule has 4 rings (SSSR count). The van der Waals surface area contributed by atoms with Crippen molar-refractivity contribution < 1.29 is 9.90 Å². The Kier molecular flexibility index (Phi) is 5.34. The first-order valence-corrected chi connectivity index (χ1v) is 10.2. The van der Waals surface area contributed by atoms with Gasteiger partial charge in [-0.25, -0.2) is 5.43 Å². The number of amides is 1. The Bertz CT molecular complexity index is 1310. The lowest BCUT2D eigenvalue weighted by atomic mass is 10.1. The number of fused-ring (bicyclic) bond motifs is 1. The maximum Gasteiger partial charge on any atom is 0.275 e. The van der Waals surface area contributed by atoms with Crippen molar-refractivity contribution in [3.8, 4) is 11.4 Å². The maximum atomic E-state index is 12.6. The van der Waals surface area contributed by atoms with Crippen LogP contribution in [0, 0.1) is 27.7 Å². The van der Waals surface area contributed by atoms with Crippen LogP contribution in [0.5, 0.6) is 5.75 Å². The smallest absolute Gasteiger partial charge is 0.275 e. The van der Waals surface area contributed by atoms with E-state index >= 15 is 0 Å². The van der Waals surface area contributed by atoms with Gasteiger partial charge in [0.05, 0.1) is 11.8 Å². The molecule has 1 heterocycles. The van der Waals surface area contributed by atoms with Crippen LogP contribution in [-0.4, -0.2) is 21.8 Å². The van der Waals surface area contributed by atoms with Gasteiger partial charge in [-0.2, -0.15) is 5.10 Å². The number of aryl methyl sites for hydroxylation is 3. The number of benzene rings is 3. The van der Waals surface area contributed by atoms with E-state index in [0.29, 0.717) is 0 Å². The second-order valence-electron chi connectivity index (χ2n) is 7.92. The van der Waals surface area contributed by atoms with Crippen LogP contribution in [0.1, 0.15) is 38.4 Å². The molecular weight excluding hydrogens is 386 g/mol. The molecule has 1 amide bonds. The molecule has 0 atom stereocenters. The first-order chi connectivity index (χ1) is 14.8. The van der Waals surface area contributed by atoms with E-state index in [9.17, 15) is 9.90 Å². The predicted octanol–water partition coefficient (Wildman–Crippen LogP) is 5.33. The Balaban J connectivity index is 1.57. The minimum atomic E-state index is -0.456. The normalized spacial score (nSPS) is 11.4. The summed E-state index contributed by atoms with van der Waals surface area (Å²) in [5.41, 5.74) is 9.28. The second kappa shape index (κ2) is 8.11. The van der Waals surface area contributed by atoms with E-state index in [1.54, 1.807) is 18.3 Å². The molecule has 0 fully saturated rings. The summed E-state index contributed by atoms with van der Waals surface area (Å²) in [5.74, 6) is -0.526. The molecule has 0 saturated heterocycles. The minimum absolute atomic E-state index is 0.0700. The Morgan fingerprint density at radius 2 is 1.58 bits per heavy atom. The number of carbonyl (C=O) groups is 1. The van der Waals surface area contributed by atoms with Gasteiger partial charge in [0.2, 0.25) is 0 Å². The van der Waals surface area contributed by atoms with Gasteiger partial charge < -0.3 is 9.67 Å². The molecule has 0 aliphatic carbocycles. The molecule has 0 unspecified atom stereocenters. The molecule has 1 aromatic heterocycles. The summed E-state index contributed by atoms with van der Waals surface area (Å²) < 4.78 is 2.18. The van der Waals surface area contributed by atoms with Gasteiger partial charge in [0.15, 0.2) is 0 Å². The molecular formula is C26H25N3O2. The maximum absolute atomic E-state index is 12.6. The van der Waals surface area contributed by atoms with Gasteiger partial charge in [0.1, 0.15) is 5.75 Å². The van der Waals surface area contributed by atoms with E-state index in [0.717, 1.165) is 33.4 Å². The zero-order valence-electron chi connectivity index (χ0n) is 18.1. The molecule has 0 aliphatic heterocycles. The molecule has 0 spiro atoms. The Morgan fingerprint density at radius 1 is 0.935 bits per heavy atom. The fourth-order valence-electron chi connectivity index (χ4n) is 4.03. The summed E-state index contributed by atoms with van der Waals surface area (Å²) in [7, 11) is 0. The molecule has 2 N–H and O–H groups in total. The lowest BCUT2D eigenvalue weighted by molar-refractivity contribution is 0.0952. The van der Waals surface area contributed by atoms with E-state index < -0.39 is 5.91 Å². The topological polar surface area (TPSA) is 66.6 Å². The van der Waals surface area contributed by atoms with Crippen molar-refractivity contribution in [3.63, 3.8) is 0 Å². The van der Waals surface area contributed by atoms with Gasteiger partial charge in [-0.05, 0) is 79.9 Å². The van der Waals surface area contributed by atoms with Crippen molar-refractivity contribution >= 4 is 22.9 Å². The molecule has 0 aliphatic rings. The van der Waals surface area contributed by atoms with Crippen LogP contribution in [0.2, 0.25) is 0 Å². The number of aromatic nitrogens is 1. The highest BCUT2D eigenvalue weighted by Crippen LogP contribution is 2.25. The minimum Gasteiger partial charge on any atom is -0.507 e. The van der Waals surface area contributed by atoms with Crippen LogP contribution in [0.15, 0.2) is 65.8 Å². The van der Waals surface area contributed by atoms with E-state index in [4.69, 9.17) is 0 Å². The average molecular weight is 412 g/mol. The van der Waals surface area contributed by atoms with Crippen LogP contribution < -0.4 is 5.43 Å². The van der Waals surface area contributed by atoms with Crippen LogP contribution >= 0.6 is 0 Å². The largest absolute Gasteiger partial charge is 0.507 e. The molecule has 3 aromatic carbocycles. The SMILES string of the molecule is Cc1cc(C)cc(-n2c(C)cc(/C=N\NC(=O)c3cc4ccccc4cc3O)c2C)c1. The fourth-order valence-corrected chi connectivity index (χ4v) is 4.03. The van der Waals surface area contributed by atoms with Gasteiger partial charge in [-0.1, -0.05) is 30.3 Å². The number of phenolic OH excluding ortho intramolecular Hbond substituents is 1. The highest BCUT2D eigenvalue weighted by Gasteiger charge is 2.13. The summed E-state index contributed by atoms with van der Waals surface area (Å²) in [6.07, 6.45) is 1.64. The van der Waals surface area contributed by atoms with Gasteiger partial charge in [-0.3, -0.25) is 4.79 Å². The van der Waals surface area contributed by atoms with Crippen molar-refractivity contribution in [3.05, 3.63) is 94.3 Å². The molecule has 4 aromatic rings.